The summed E-state index contributed by atoms with van der Waals surface area (Å²) in [6.45, 7) is 8.35. The van der Waals surface area contributed by atoms with E-state index in [1.54, 1.807) is 14.0 Å². The zero-order chi connectivity index (χ0) is 22.8. The number of fused-ring (bicyclic) bond motifs is 1. The van der Waals surface area contributed by atoms with Crippen LogP contribution in [0.1, 0.15) is 58.9 Å². The van der Waals surface area contributed by atoms with Gasteiger partial charge in [0.05, 0.1) is 13.2 Å². The molecule has 0 aromatic heterocycles. The van der Waals surface area contributed by atoms with Crippen LogP contribution >= 0.6 is 0 Å². The van der Waals surface area contributed by atoms with Gasteiger partial charge in [0.15, 0.2) is 0 Å². The summed E-state index contributed by atoms with van der Waals surface area (Å²) >= 11 is 0. The molecule has 0 saturated heterocycles. The van der Waals surface area contributed by atoms with Gasteiger partial charge in [-0.05, 0) is 66.5 Å². The van der Waals surface area contributed by atoms with Gasteiger partial charge in [-0.1, -0.05) is 32.9 Å². The van der Waals surface area contributed by atoms with Crippen molar-refractivity contribution in [2.75, 3.05) is 7.11 Å². The van der Waals surface area contributed by atoms with Crippen LogP contribution in [0.15, 0.2) is 24.3 Å². The second-order valence-electron chi connectivity index (χ2n) is 9.93. The molecule has 2 saturated carbocycles. The molecule has 7 atom stereocenters. The number of aliphatic hydroxyl groups excluding tert-OH is 1. The maximum Gasteiger partial charge on any atom is 0.223 e. The van der Waals surface area contributed by atoms with Crippen LogP contribution < -0.4 is 15.4 Å². The molecule has 6 heteroatoms. The van der Waals surface area contributed by atoms with E-state index in [1.807, 2.05) is 31.2 Å². The zero-order valence-electron chi connectivity index (χ0n) is 19.5. The normalized spacial score (nSPS) is 33.7. The van der Waals surface area contributed by atoms with E-state index in [-0.39, 0.29) is 46.9 Å². The fraction of sp³-hybridized carbons (Fsp3) is 0.680. The highest BCUT2D eigenvalue weighted by molar-refractivity contribution is 5.78. The first kappa shape index (κ1) is 23.6. The lowest BCUT2D eigenvalue weighted by Crippen LogP contribution is -2.58. The van der Waals surface area contributed by atoms with E-state index in [1.165, 1.54) is 0 Å². The van der Waals surface area contributed by atoms with Gasteiger partial charge in [0.1, 0.15) is 5.75 Å². The summed E-state index contributed by atoms with van der Waals surface area (Å²) in [5, 5.41) is 17.5. The van der Waals surface area contributed by atoms with Crippen LogP contribution in [0.4, 0.5) is 0 Å². The van der Waals surface area contributed by atoms with E-state index in [2.05, 4.69) is 24.5 Å². The fourth-order valence-corrected chi connectivity index (χ4v) is 6.05. The highest BCUT2D eigenvalue weighted by Crippen LogP contribution is 2.55. The maximum absolute atomic E-state index is 12.9. The fourth-order valence-electron chi connectivity index (χ4n) is 6.05. The summed E-state index contributed by atoms with van der Waals surface area (Å²) in [5.74, 6) is 0.650. The summed E-state index contributed by atoms with van der Waals surface area (Å²) in [6, 6.07) is 7.73. The Morgan fingerprint density at radius 2 is 1.87 bits per heavy atom. The Bertz CT molecular complexity index is 780. The largest absolute Gasteiger partial charge is 0.497 e. The minimum atomic E-state index is -0.549. The molecule has 0 bridgehead atoms. The Kier molecular flexibility index (Phi) is 7.30. The molecule has 3 rings (SSSR count). The molecule has 2 aliphatic rings. The molecule has 0 radical (unpaired) electrons. The molecule has 1 aromatic rings. The molecule has 0 unspecified atom stereocenters. The van der Waals surface area contributed by atoms with E-state index in [4.69, 9.17) is 4.74 Å². The van der Waals surface area contributed by atoms with Crippen LogP contribution in [0.5, 0.6) is 5.75 Å². The minimum absolute atomic E-state index is 0.0198. The third-order valence-electron chi connectivity index (χ3n) is 7.96. The molecule has 0 heterocycles. The Morgan fingerprint density at radius 1 is 1.23 bits per heavy atom. The molecular weight excluding hydrogens is 392 g/mol. The van der Waals surface area contributed by atoms with Crippen LogP contribution in [0.3, 0.4) is 0 Å². The average Bonchev–Trinajstić information content (AvgIpc) is 2.74. The highest BCUT2D eigenvalue weighted by Gasteiger charge is 2.53. The van der Waals surface area contributed by atoms with Gasteiger partial charge in [0.25, 0.3) is 0 Å². The molecule has 0 aliphatic heterocycles. The molecule has 2 amide bonds. The smallest absolute Gasteiger partial charge is 0.223 e. The van der Waals surface area contributed by atoms with Crippen LogP contribution in [-0.2, 0) is 16.1 Å². The summed E-state index contributed by atoms with van der Waals surface area (Å²) in [5.41, 5.74) is 1.07. The average molecular weight is 431 g/mol. The van der Waals surface area contributed by atoms with Crippen molar-refractivity contribution in [3.8, 4) is 5.75 Å². The summed E-state index contributed by atoms with van der Waals surface area (Å²) in [7, 11) is 1.63. The SMILES string of the molecule is COc1ccc(CNC(=O)[C@@H](C)[C@@H]2CC[C@]3(C)CC[C@H](NC(C)=O)[C@H](C)[C@@H]3[C@H]2O)cc1. The molecule has 1 aromatic carbocycles. The van der Waals surface area contributed by atoms with E-state index in [0.717, 1.165) is 37.0 Å². The standard InChI is InChI=1S/C25H38N2O4/c1-15(24(30)26-14-18-6-8-19(31-5)9-7-18)20-10-12-25(4)13-11-21(27-17(3)28)16(2)22(25)23(20)29/h6-9,15-16,20-23,29H,10-14H2,1-5H3,(H,26,30)(H,27,28)/t15-,16-,20-,21-,22+,23-,25+/m0/s1. The lowest BCUT2D eigenvalue weighted by Gasteiger charge is -2.56. The van der Waals surface area contributed by atoms with Crippen LogP contribution in [0.25, 0.3) is 0 Å². The topological polar surface area (TPSA) is 87.7 Å². The van der Waals surface area contributed by atoms with Crippen molar-refractivity contribution in [3.05, 3.63) is 29.8 Å². The van der Waals surface area contributed by atoms with Crippen LogP contribution in [-0.4, -0.2) is 36.2 Å². The van der Waals surface area contributed by atoms with Gasteiger partial charge in [0.2, 0.25) is 11.8 Å². The number of nitrogens with one attached hydrogen (secondary N) is 2. The van der Waals surface area contributed by atoms with Gasteiger partial charge in [-0.2, -0.15) is 0 Å². The predicted molar refractivity (Wildman–Crippen MR) is 120 cm³/mol. The summed E-state index contributed by atoms with van der Waals surface area (Å²) < 4.78 is 5.17. The summed E-state index contributed by atoms with van der Waals surface area (Å²) in [4.78, 5) is 24.5. The van der Waals surface area contributed by atoms with Crippen molar-refractivity contribution in [3.63, 3.8) is 0 Å². The van der Waals surface area contributed by atoms with Crippen molar-refractivity contribution in [2.24, 2.45) is 29.1 Å². The monoisotopic (exact) mass is 430 g/mol. The second-order valence-corrected chi connectivity index (χ2v) is 9.93. The number of ether oxygens (including phenoxy) is 1. The number of carbonyl (C=O) groups excluding carboxylic acids is 2. The first-order valence-electron chi connectivity index (χ1n) is 11.5. The van der Waals surface area contributed by atoms with E-state index >= 15 is 0 Å². The van der Waals surface area contributed by atoms with E-state index in [0.29, 0.717) is 6.54 Å². The van der Waals surface area contributed by atoms with Crippen molar-refractivity contribution in [2.45, 2.75) is 72.1 Å². The number of aliphatic hydroxyl groups is 1. The Hall–Kier alpha value is -2.08. The number of rotatable bonds is 6. The van der Waals surface area contributed by atoms with Gasteiger partial charge in [-0.15, -0.1) is 0 Å². The van der Waals surface area contributed by atoms with Crippen molar-refractivity contribution in [1.29, 1.82) is 0 Å². The third-order valence-corrected chi connectivity index (χ3v) is 7.96. The third kappa shape index (κ3) is 5.05. The van der Waals surface area contributed by atoms with Gasteiger partial charge >= 0.3 is 0 Å². The zero-order valence-corrected chi connectivity index (χ0v) is 19.5. The molecular formula is C25H38N2O4. The predicted octanol–water partition coefficient (Wildman–Crippen LogP) is 3.28. The number of methoxy groups -OCH3 is 1. The Balaban J connectivity index is 1.65. The van der Waals surface area contributed by atoms with Gasteiger partial charge in [-0.3, -0.25) is 9.59 Å². The molecule has 2 fully saturated rings. The number of benzene rings is 1. The van der Waals surface area contributed by atoms with Crippen molar-refractivity contribution >= 4 is 11.8 Å². The minimum Gasteiger partial charge on any atom is -0.497 e. The molecule has 0 spiro atoms. The van der Waals surface area contributed by atoms with Crippen molar-refractivity contribution < 1.29 is 19.4 Å². The van der Waals surface area contributed by atoms with Crippen LogP contribution in [0, 0.1) is 29.1 Å². The Labute approximate surface area is 186 Å². The molecule has 31 heavy (non-hydrogen) atoms. The molecule has 172 valence electrons. The number of hydrogen-bond donors (Lipinski definition) is 3. The first-order chi connectivity index (χ1) is 14.7. The van der Waals surface area contributed by atoms with E-state index < -0.39 is 6.10 Å². The second kappa shape index (κ2) is 9.60. The van der Waals surface area contributed by atoms with E-state index in [9.17, 15) is 14.7 Å². The number of amides is 2. The lowest BCUT2D eigenvalue weighted by molar-refractivity contribution is -0.143. The van der Waals surface area contributed by atoms with Crippen LogP contribution in [0.2, 0.25) is 0 Å². The molecule has 3 N–H and O–H groups in total. The lowest BCUT2D eigenvalue weighted by atomic mass is 9.51. The first-order valence-corrected chi connectivity index (χ1v) is 11.5. The van der Waals surface area contributed by atoms with Crippen molar-refractivity contribution in [1.82, 2.24) is 10.6 Å². The highest BCUT2D eigenvalue weighted by atomic mass is 16.5. The van der Waals surface area contributed by atoms with Gasteiger partial charge < -0.3 is 20.5 Å². The number of hydrogen-bond acceptors (Lipinski definition) is 4. The van der Waals surface area contributed by atoms with Gasteiger partial charge in [-0.25, -0.2) is 0 Å². The quantitative estimate of drug-likeness (QED) is 0.646. The van der Waals surface area contributed by atoms with Gasteiger partial charge in [0, 0.05) is 25.4 Å². The Morgan fingerprint density at radius 3 is 2.48 bits per heavy atom. The summed E-state index contributed by atoms with van der Waals surface area (Å²) in [6.07, 6.45) is 3.25. The molecule has 6 nitrogen and oxygen atoms in total. The maximum atomic E-state index is 12.9. The molecule has 2 aliphatic carbocycles. The number of carbonyl (C=O) groups is 2.